The van der Waals surface area contributed by atoms with Crippen molar-refractivity contribution in [2.75, 3.05) is 6.54 Å². The summed E-state index contributed by atoms with van der Waals surface area (Å²) < 4.78 is 3.37. The van der Waals surface area contributed by atoms with Gasteiger partial charge in [0.2, 0.25) is 0 Å². The minimum Gasteiger partial charge on any atom is -0.314 e. The lowest BCUT2D eigenvalue weighted by atomic mass is 10.2. The highest BCUT2D eigenvalue weighted by Gasteiger charge is 2.20. The van der Waals surface area contributed by atoms with Crippen LogP contribution in [0.2, 0.25) is 0 Å². The molecule has 4 heteroatoms. The summed E-state index contributed by atoms with van der Waals surface area (Å²) in [6.45, 7) is 6.41. The van der Waals surface area contributed by atoms with Crippen molar-refractivity contribution in [2.45, 2.75) is 58.5 Å². The highest BCUT2D eigenvalue weighted by Crippen LogP contribution is 2.23. The molecule has 1 N–H and O–H groups in total. The molecule has 1 saturated carbocycles. The fourth-order valence-corrected chi connectivity index (χ4v) is 2.87. The second kappa shape index (κ2) is 6.01. The van der Waals surface area contributed by atoms with Crippen LogP contribution in [-0.4, -0.2) is 22.4 Å². The van der Waals surface area contributed by atoms with Crippen LogP contribution in [0.25, 0.3) is 0 Å². The lowest BCUT2D eigenvalue weighted by molar-refractivity contribution is 0.584. The fraction of sp³-hybridized carbons (Fsp3) is 0.769. The van der Waals surface area contributed by atoms with Gasteiger partial charge >= 0.3 is 0 Å². The van der Waals surface area contributed by atoms with Gasteiger partial charge in [0.05, 0.1) is 15.9 Å². The first-order chi connectivity index (χ1) is 8.26. The van der Waals surface area contributed by atoms with Crippen LogP contribution in [0.1, 0.15) is 44.5 Å². The van der Waals surface area contributed by atoms with Crippen molar-refractivity contribution in [1.29, 1.82) is 0 Å². The number of hydrogen-bond acceptors (Lipinski definition) is 2. The summed E-state index contributed by atoms with van der Waals surface area (Å²) in [5.41, 5.74) is 2.55. The molecule has 96 valence electrons. The second-order valence-corrected chi connectivity index (χ2v) is 5.50. The maximum absolute atomic E-state index is 4.62. The van der Waals surface area contributed by atoms with Gasteiger partial charge in [0.1, 0.15) is 0 Å². The molecule has 0 saturated heterocycles. The molecule has 0 unspecified atom stereocenters. The Morgan fingerprint density at radius 2 is 2.18 bits per heavy atom. The van der Waals surface area contributed by atoms with Gasteiger partial charge in [0, 0.05) is 12.6 Å². The average molecular weight is 300 g/mol. The van der Waals surface area contributed by atoms with Crippen LogP contribution in [0.4, 0.5) is 0 Å². The Balaban J connectivity index is 1.90. The molecular formula is C13H22BrN3. The third-order valence-corrected chi connectivity index (χ3v) is 4.21. The summed E-state index contributed by atoms with van der Waals surface area (Å²) in [5.74, 6) is 0. The zero-order valence-corrected chi connectivity index (χ0v) is 12.4. The lowest BCUT2D eigenvalue weighted by Crippen LogP contribution is -2.18. The molecule has 2 rings (SSSR count). The molecule has 0 atom stereocenters. The van der Waals surface area contributed by atoms with E-state index in [0.717, 1.165) is 32.0 Å². The molecule has 17 heavy (non-hydrogen) atoms. The maximum Gasteiger partial charge on any atom is 0.0766 e. The molecule has 0 bridgehead atoms. The molecule has 1 aliphatic rings. The Kier molecular flexibility index (Phi) is 4.62. The topological polar surface area (TPSA) is 29.9 Å². The Hall–Kier alpha value is -0.350. The van der Waals surface area contributed by atoms with Crippen molar-refractivity contribution in [3.63, 3.8) is 0 Å². The molecule has 0 spiro atoms. The van der Waals surface area contributed by atoms with Crippen molar-refractivity contribution in [1.82, 2.24) is 15.1 Å². The van der Waals surface area contributed by atoms with E-state index in [1.807, 2.05) is 0 Å². The van der Waals surface area contributed by atoms with Crippen LogP contribution in [0.5, 0.6) is 0 Å². The summed E-state index contributed by atoms with van der Waals surface area (Å²) in [4.78, 5) is 0. The normalized spacial score (nSPS) is 15.5. The van der Waals surface area contributed by atoms with Gasteiger partial charge < -0.3 is 5.32 Å². The van der Waals surface area contributed by atoms with Gasteiger partial charge in [-0.2, -0.15) is 5.10 Å². The molecule has 1 aliphatic carbocycles. The summed E-state index contributed by atoms with van der Waals surface area (Å²) >= 11 is 3.69. The van der Waals surface area contributed by atoms with Crippen LogP contribution in [0.3, 0.4) is 0 Å². The van der Waals surface area contributed by atoms with E-state index in [0.29, 0.717) is 0 Å². The molecular weight excluding hydrogens is 278 g/mol. The average Bonchev–Trinajstić information content (AvgIpc) is 3.10. The molecule has 1 fully saturated rings. The van der Waals surface area contributed by atoms with E-state index in [-0.39, 0.29) is 0 Å². The molecule has 1 aromatic heterocycles. The van der Waals surface area contributed by atoms with Gasteiger partial charge in [0.15, 0.2) is 0 Å². The first-order valence-corrected chi connectivity index (χ1v) is 7.53. The molecule has 0 amide bonds. The SMILES string of the molecule is CCc1nn(CC)c(CCCNC2CC2)c1Br. The van der Waals surface area contributed by atoms with Crippen molar-refractivity contribution in [2.24, 2.45) is 0 Å². The van der Waals surface area contributed by atoms with Crippen molar-refractivity contribution in [3.05, 3.63) is 15.9 Å². The minimum atomic E-state index is 0.820. The van der Waals surface area contributed by atoms with Gasteiger partial charge in [-0.25, -0.2) is 0 Å². The molecule has 0 aliphatic heterocycles. The Labute approximate surface area is 112 Å². The van der Waals surface area contributed by atoms with E-state index in [1.165, 1.54) is 35.1 Å². The van der Waals surface area contributed by atoms with E-state index < -0.39 is 0 Å². The maximum atomic E-state index is 4.62. The summed E-state index contributed by atoms with van der Waals surface area (Å²) in [5, 5.41) is 8.18. The monoisotopic (exact) mass is 299 g/mol. The first-order valence-electron chi connectivity index (χ1n) is 6.73. The second-order valence-electron chi connectivity index (χ2n) is 4.71. The van der Waals surface area contributed by atoms with Gasteiger partial charge in [0.25, 0.3) is 0 Å². The Morgan fingerprint density at radius 1 is 1.41 bits per heavy atom. The highest BCUT2D eigenvalue weighted by molar-refractivity contribution is 9.10. The van der Waals surface area contributed by atoms with Crippen molar-refractivity contribution in [3.8, 4) is 0 Å². The predicted molar refractivity (Wildman–Crippen MR) is 74.3 cm³/mol. The van der Waals surface area contributed by atoms with Crippen LogP contribution in [-0.2, 0) is 19.4 Å². The largest absolute Gasteiger partial charge is 0.314 e. The van der Waals surface area contributed by atoms with Gasteiger partial charge in [-0.05, 0) is 61.5 Å². The molecule has 1 heterocycles. The summed E-state index contributed by atoms with van der Waals surface area (Å²) in [6.07, 6.45) is 6.05. The lowest BCUT2D eigenvalue weighted by Gasteiger charge is -2.06. The third kappa shape index (κ3) is 3.32. The number of nitrogens with zero attached hydrogens (tertiary/aromatic N) is 2. The van der Waals surface area contributed by atoms with E-state index in [2.05, 4.69) is 44.9 Å². The van der Waals surface area contributed by atoms with Crippen LogP contribution in [0, 0.1) is 0 Å². The number of rotatable bonds is 7. The number of halogens is 1. The number of nitrogens with one attached hydrogen (secondary N) is 1. The number of aromatic nitrogens is 2. The highest BCUT2D eigenvalue weighted by atomic mass is 79.9. The predicted octanol–water partition coefficient (Wildman–Crippen LogP) is 2.91. The standard InChI is InChI=1S/C13H22BrN3/c1-3-11-13(14)12(17(4-2)16-11)6-5-9-15-10-7-8-10/h10,15H,3-9H2,1-2H3. The van der Waals surface area contributed by atoms with Crippen LogP contribution in [0.15, 0.2) is 4.47 Å². The first kappa shape index (κ1) is 13.1. The summed E-state index contributed by atoms with van der Waals surface area (Å²) in [7, 11) is 0. The quantitative estimate of drug-likeness (QED) is 0.785. The van der Waals surface area contributed by atoms with Crippen molar-refractivity contribution < 1.29 is 0 Å². The summed E-state index contributed by atoms with van der Waals surface area (Å²) in [6, 6.07) is 0.820. The Morgan fingerprint density at radius 3 is 2.76 bits per heavy atom. The van der Waals surface area contributed by atoms with Gasteiger partial charge in [-0.15, -0.1) is 0 Å². The smallest absolute Gasteiger partial charge is 0.0766 e. The zero-order chi connectivity index (χ0) is 12.3. The number of aryl methyl sites for hydroxylation is 2. The van der Waals surface area contributed by atoms with Crippen molar-refractivity contribution >= 4 is 15.9 Å². The van der Waals surface area contributed by atoms with E-state index >= 15 is 0 Å². The fourth-order valence-electron chi connectivity index (χ4n) is 2.11. The molecule has 3 nitrogen and oxygen atoms in total. The zero-order valence-electron chi connectivity index (χ0n) is 10.8. The molecule has 0 radical (unpaired) electrons. The van der Waals surface area contributed by atoms with Crippen LogP contribution < -0.4 is 5.32 Å². The molecule has 0 aromatic carbocycles. The van der Waals surface area contributed by atoms with Crippen LogP contribution >= 0.6 is 15.9 Å². The minimum absolute atomic E-state index is 0.820. The van der Waals surface area contributed by atoms with E-state index in [9.17, 15) is 0 Å². The Bertz CT molecular complexity index is 369. The number of hydrogen-bond donors (Lipinski definition) is 1. The van der Waals surface area contributed by atoms with Gasteiger partial charge in [-0.1, -0.05) is 6.92 Å². The van der Waals surface area contributed by atoms with Gasteiger partial charge in [-0.3, -0.25) is 4.68 Å². The third-order valence-electron chi connectivity index (χ3n) is 3.29. The van der Waals surface area contributed by atoms with E-state index in [4.69, 9.17) is 0 Å². The van der Waals surface area contributed by atoms with E-state index in [1.54, 1.807) is 0 Å². The molecule has 1 aromatic rings.